The molecule has 1 aromatic heterocycles. The van der Waals surface area contributed by atoms with E-state index in [1.165, 1.54) is 12.1 Å². The quantitative estimate of drug-likeness (QED) is 0.626. The lowest BCUT2D eigenvalue weighted by atomic mass is 10.2. The number of nitrogens with zero attached hydrogens (tertiary/aromatic N) is 1. The monoisotopic (exact) mass is 381 g/mol. The summed E-state index contributed by atoms with van der Waals surface area (Å²) in [5.74, 6) is -0.220. The van der Waals surface area contributed by atoms with E-state index in [1.54, 1.807) is 19.9 Å². The van der Waals surface area contributed by atoms with Crippen LogP contribution in [0.15, 0.2) is 33.2 Å². The molecule has 0 radical (unpaired) electrons. The molecular formula is C14H12BrN3O5. The predicted molar refractivity (Wildman–Crippen MR) is 83.9 cm³/mol. The summed E-state index contributed by atoms with van der Waals surface area (Å²) in [4.78, 5) is 34.1. The highest BCUT2D eigenvalue weighted by Crippen LogP contribution is 2.25. The average molecular weight is 382 g/mol. The Morgan fingerprint density at radius 2 is 1.83 bits per heavy atom. The summed E-state index contributed by atoms with van der Waals surface area (Å²) in [6.45, 7) is 3.32. The van der Waals surface area contributed by atoms with E-state index in [2.05, 4.69) is 26.8 Å². The summed E-state index contributed by atoms with van der Waals surface area (Å²) in [6, 6.07) is 5.43. The number of rotatable bonds is 3. The second-order valence-corrected chi connectivity index (χ2v) is 5.51. The molecule has 9 heteroatoms. The van der Waals surface area contributed by atoms with Gasteiger partial charge in [0.2, 0.25) is 0 Å². The van der Waals surface area contributed by atoms with Gasteiger partial charge in [0.1, 0.15) is 11.5 Å². The Bertz CT molecular complexity index is 800. The van der Waals surface area contributed by atoms with Crippen LogP contribution in [0.2, 0.25) is 0 Å². The third kappa shape index (κ3) is 3.75. The molecule has 120 valence electrons. The summed E-state index contributed by atoms with van der Waals surface area (Å²) >= 11 is 3.03. The maximum atomic E-state index is 12.0. The molecule has 0 saturated carbocycles. The van der Waals surface area contributed by atoms with E-state index in [-0.39, 0.29) is 15.7 Å². The van der Waals surface area contributed by atoms with Gasteiger partial charge in [-0.1, -0.05) is 0 Å². The lowest BCUT2D eigenvalue weighted by Crippen LogP contribution is -2.41. The van der Waals surface area contributed by atoms with Crippen molar-refractivity contribution in [3.63, 3.8) is 0 Å². The largest absolute Gasteiger partial charge is 0.466 e. The van der Waals surface area contributed by atoms with Crippen LogP contribution in [0.4, 0.5) is 5.69 Å². The van der Waals surface area contributed by atoms with Crippen LogP contribution >= 0.6 is 15.9 Å². The number of hydrazine groups is 1. The molecule has 0 aliphatic carbocycles. The standard InChI is InChI=1S/C14H12BrN3O5/c1-7-5-10(8(2)23-7)14(20)17-16-13(19)9-3-4-11(15)12(6-9)18(21)22/h3-6H,1-2H3,(H,16,19)(H,17,20). The van der Waals surface area contributed by atoms with Crippen LogP contribution in [0.25, 0.3) is 0 Å². The first-order chi connectivity index (χ1) is 10.8. The molecule has 0 spiro atoms. The van der Waals surface area contributed by atoms with Crippen molar-refractivity contribution in [2.24, 2.45) is 0 Å². The topological polar surface area (TPSA) is 114 Å². The SMILES string of the molecule is Cc1cc(C(=O)NNC(=O)c2ccc(Br)c([N+](=O)[O-])c2)c(C)o1. The third-order valence-corrected chi connectivity index (χ3v) is 3.65. The average Bonchev–Trinajstić information content (AvgIpc) is 2.83. The van der Waals surface area contributed by atoms with Gasteiger partial charge in [-0.15, -0.1) is 0 Å². The van der Waals surface area contributed by atoms with Crippen molar-refractivity contribution in [1.29, 1.82) is 0 Å². The van der Waals surface area contributed by atoms with E-state index in [4.69, 9.17) is 4.42 Å². The summed E-state index contributed by atoms with van der Waals surface area (Å²) in [6.07, 6.45) is 0. The summed E-state index contributed by atoms with van der Waals surface area (Å²) in [7, 11) is 0. The van der Waals surface area contributed by atoms with Gasteiger partial charge >= 0.3 is 0 Å². The number of benzene rings is 1. The van der Waals surface area contributed by atoms with Crippen molar-refractivity contribution in [3.8, 4) is 0 Å². The summed E-state index contributed by atoms with van der Waals surface area (Å²) in [5, 5.41) is 10.9. The molecule has 2 rings (SSSR count). The maximum Gasteiger partial charge on any atom is 0.284 e. The highest BCUT2D eigenvalue weighted by molar-refractivity contribution is 9.10. The molecule has 2 amide bonds. The number of hydrogen-bond acceptors (Lipinski definition) is 5. The van der Waals surface area contributed by atoms with Gasteiger partial charge in [0.15, 0.2) is 0 Å². The molecule has 23 heavy (non-hydrogen) atoms. The third-order valence-electron chi connectivity index (χ3n) is 2.98. The number of nitro benzene ring substituents is 1. The molecule has 0 atom stereocenters. The first-order valence-electron chi connectivity index (χ1n) is 6.41. The molecule has 2 N–H and O–H groups in total. The van der Waals surface area contributed by atoms with Crippen molar-refractivity contribution in [2.45, 2.75) is 13.8 Å². The molecule has 1 heterocycles. The molecule has 0 bridgehead atoms. The van der Waals surface area contributed by atoms with E-state index in [0.717, 1.165) is 6.07 Å². The van der Waals surface area contributed by atoms with Crippen LogP contribution < -0.4 is 10.9 Å². The zero-order valence-corrected chi connectivity index (χ0v) is 13.8. The Morgan fingerprint density at radius 1 is 1.17 bits per heavy atom. The van der Waals surface area contributed by atoms with Crippen molar-refractivity contribution < 1.29 is 18.9 Å². The Kier molecular flexibility index (Phi) is 4.80. The molecule has 8 nitrogen and oxygen atoms in total. The van der Waals surface area contributed by atoms with Crippen LogP contribution in [0.3, 0.4) is 0 Å². The van der Waals surface area contributed by atoms with E-state index < -0.39 is 16.7 Å². The highest BCUT2D eigenvalue weighted by atomic mass is 79.9. The molecular weight excluding hydrogens is 370 g/mol. The van der Waals surface area contributed by atoms with Crippen molar-refractivity contribution in [3.05, 3.63) is 61.5 Å². The van der Waals surface area contributed by atoms with Gasteiger partial charge < -0.3 is 4.42 Å². The van der Waals surface area contributed by atoms with Crippen LogP contribution in [-0.2, 0) is 0 Å². The Morgan fingerprint density at radius 3 is 2.39 bits per heavy atom. The lowest BCUT2D eigenvalue weighted by molar-refractivity contribution is -0.385. The minimum atomic E-state index is -0.674. The first kappa shape index (κ1) is 16.7. The fourth-order valence-corrected chi connectivity index (χ4v) is 2.29. The number of carbonyl (C=O) groups excluding carboxylic acids is 2. The molecule has 0 unspecified atom stereocenters. The van der Waals surface area contributed by atoms with Gasteiger partial charge in [-0.05, 0) is 48.0 Å². The molecule has 1 aromatic carbocycles. The minimum absolute atomic E-state index is 0.0419. The van der Waals surface area contributed by atoms with Crippen molar-refractivity contribution >= 4 is 33.4 Å². The van der Waals surface area contributed by atoms with Crippen molar-refractivity contribution in [2.75, 3.05) is 0 Å². The number of nitro groups is 1. The number of amides is 2. The van der Waals surface area contributed by atoms with Gasteiger partial charge in [-0.3, -0.25) is 30.6 Å². The van der Waals surface area contributed by atoms with Crippen LogP contribution in [-0.4, -0.2) is 16.7 Å². The number of furan rings is 1. The van der Waals surface area contributed by atoms with Gasteiger partial charge in [0.05, 0.1) is 15.0 Å². The number of hydrogen-bond donors (Lipinski definition) is 2. The van der Waals surface area contributed by atoms with Gasteiger partial charge in [-0.25, -0.2) is 0 Å². The van der Waals surface area contributed by atoms with Gasteiger partial charge in [0.25, 0.3) is 17.5 Å². The molecule has 2 aromatic rings. The Hall–Kier alpha value is -2.68. The predicted octanol–water partition coefficient (Wildman–Crippen LogP) is 2.64. The Balaban J connectivity index is 2.08. The number of halogens is 1. The van der Waals surface area contributed by atoms with E-state index in [0.29, 0.717) is 17.1 Å². The van der Waals surface area contributed by atoms with Crippen LogP contribution in [0.5, 0.6) is 0 Å². The normalized spacial score (nSPS) is 10.2. The Labute approximate surface area is 139 Å². The smallest absolute Gasteiger partial charge is 0.284 e. The molecule has 0 aliphatic heterocycles. The van der Waals surface area contributed by atoms with E-state index >= 15 is 0 Å². The second-order valence-electron chi connectivity index (χ2n) is 4.66. The summed E-state index contributed by atoms with van der Waals surface area (Å²) in [5.41, 5.74) is 4.53. The second kappa shape index (κ2) is 6.61. The van der Waals surface area contributed by atoms with E-state index in [9.17, 15) is 19.7 Å². The van der Waals surface area contributed by atoms with E-state index in [1.807, 2.05) is 0 Å². The van der Waals surface area contributed by atoms with Crippen LogP contribution in [0.1, 0.15) is 32.2 Å². The minimum Gasteiger partial charge on any atom is -0.466 e. The van der Waals surface area contributed by atoms with Crippen molar-refractivity contribution in [1.82, 2.24) is 10.9 Å². The molecule has 0 fully saturated rings. The number of carbonyl (C=O) groups is 2. The lowest BCUT2D eigenvalue weighted by Gasteiger charge is -2.07. The zero-order chi connectivity index (χ0) is 17.1. The number of aryl methyl sites for hydroxylation is 2. The zero-order valence-electron chi connectivity index (χ0n) is 12.2. The fourth-order valence-electron chi connectivity index (χ4n) is 1.90. The fraction of sp³-hybridized carbons (Fsp3) is 0.143. The first-order valence-corrected chi connectivity index (χ1v) is 7.20. The summed E-state index contributed by atoms with van der Waals surface area (Å²) < 4.78 is 5.49. The maximum absolute atomic E-state index is 12.0. The molecule has 0 aliphatic rings. The van der Waals surface area contributed by atoms with Gasteiger partial charge in [0, 0.05) is 11.6 Å². The number of nitrogens with one attached hydrogen (secondary N) is 2. The van der Waals surface area contributed by atoms with Crippen LogP contribution in [0, 0.1) is 24.0 Å². The van der Waals surface area contributed by atoms with Gasteiger partial charge in [-0.2, -0.15) is 0 Å². The molecule has 0 saturated heterocycles. The highest BCUT2D eigenvalue weighted by Gasteiger charge is 2.18.